The Labute approximate surface area is 124 Å². The van der Waals surface area contributed by atoms with E-state index in [1.54, 1.807) is 42.5 Å². The first-order valence-corrected chi connectivity index (χ1v) is 6.42. The van der Waals surface area contributed by atoms with Crippen molar-refractivity contribution in [2.75, 3.05) is 0 Å². The molecule has 2 aromatic carbocycles. The van der Waals surface area contributed by atoms with Gasteiger partial charge in [-0.1, -0.05) is 35.5 Å². The third-order valence-corrected chi connectivity index (χ3v) is 3.10. The topological polar surface area (TPSA) is 56.0 Å². The zero-order valence-corrected chi connectivity index (χ0v) is 11.3. The second kappa shape index (κ2) is 5.46. The monoisotopic (exact) mass is 302 g/mol. The molecule has 104 valence electrons. The maximum atomic E-state index is 13.7. The molecule has 0 spiro atoms. The molecule has 0 aliphatic heterocycles. The van der Waals surface area contributed by atoms with E-state index in [2.05, 4.69) is 10.1 Å². The van der Waals surface area contributed by atoms with Crippen molar-refractivity contribution in [3.05, 3.63) is 59.9 Å². The smallest absolute Gasteiger partial charge is 0.261 e. The Morgan fingerprint density at radius 2 is 1.95 bits per heavy atom. The van der Waals surface area contributed by atoms with E-state index in [9.17, 15) is 9.18 Å². The minimum absolute atomic E-state index is 0.0747. The molecular formula is C15H8ClFN2O2. The summed E-state index contributed by atoms with van der Waals surface area (Å²) < 4.78 is 18.7. The zero-order chi connectivity index (χ0) is 14.8. The van der Waals surface area contributed by atoms with Crippen molar-refractivity contribution in [3.63, 3.8) is 0 Å². The Balaban J connectivity index is 2.01. The molecule has 0 unspecified atom stereocenters. The first-order valence-electron chi connectivity index (χ1n) is 6.04. The minimum atomic E-state index is -0.574. The van der Waals surface area contributed by atoms with E-state index in [1.807, 2.05) is 0 Å². The van der Waals surface area contributed by atoms with E-state index in [0.29, 0.717) is 11.1 Å². The van der Waals surface area contributed by atoms with Gasteiger partial charge in [-0.2, -0.15) is 4.98 Å². The fourth-order valence-electron chi connectivity index (χ4n) is 1.87. The summed E-state index contributed by atoms with van der Waals surface area (Å²) in [6.07, 6.45) is 0. The van der Waals surface area contributed by atoms with Crippen LogP contribution in [0.15, 0.2) is 53.1 Å². The number of benzene rings is 2. The molecule has 0 aliphatic rings. The summed E-state index contributed by atoms with van der Waals surface area (Å²) >= 11 is 5.43. The van der Waals surface area contributed by atoms with E-state index in [1.165, 1.54) is 6.07 Å². The Hall–Kier alpha value is -2.53. The normalized spacial score (nSPS) is 10.6. The van der Waals surface area contributed by atoms with Crippen LogP contribution in [-0.4, -0.2) is 15.4 Å². The average molecular weight is 303 g/mol. The van der Waals surface area contributed by atoms with Crippen LogP contribution in [0.1, 0.15) is 10.4 Å². The lowest BCUT2D eigenvalue weighted by molar-refractivity contribution is 0.108. The molecule has 0 atom stereocenters. The van der Waals surface area contributed by atoms with Crippen LogP contribution in [0, 0.1) is 5.82 Å². The van der Waals surface area contributed by atoms with E-state index in [-0.39, 0.29) is 17.3 Å². The Bertz CT molecular complexity index is 817. The van der Waals surface area contributed by atoms with Gasteiger partial charge in [0, 0.05) is 11.1 Å². The van der Waals surface area contributed by atoms with E-state index < -0.39 is 11.1 Å². The Morgan fingerprint density at radius 3 is 2.71 bits per heavy atom. The highest BCUT2D eigenvalue weighted by Gasteiger charge is 2.14. The SMILES string of the molecule is O=C(Cl)c1cccc(-c2noc(-c3ccccc3F)n2)c1. The number of hydrogen-bond donors (Lipinski definition) is 0. The maximum absolute atomic E-state index is 13.7. The lowest BCUT2D eigenvalue weighted by atomic mass is 10.1. The lowest BCUT2D eigenvalue weighted by Crippen LogP contribution is -1.90. The van der Waals surface area contributed by atoms with Crippen molar-refractivity contribution in [2.24, 2.45) is 0 Å². The van der Waals surface area contributed by atoms with Crippen LogP contribution in [0.5, 0.6) is 0 Å². The second-order valence-electron chi connectivity index (χ2n) is 4.26. The predicted octanol–water partition coefficient (Wildman–Crippen LogP) is 3.92. The number of rotatable bonds is 3. The van der Waals surface area contributed by atoms with Gasteiger partial charge in [-0.25, -0.2) is 4.39 Å². The molecule has 0 saturated carbocycles. The largest absolute Gasteiger partial charge is 0.334 e. The van der Waals surface area contributed by atoms with Crippen molar-refractivity contribution >= 4 is 16.8 Å². The number of nitrogens with zero attached hydrogens (tertiary/aromatic N) is 2. The van der Waals surface area contributed by atoms with Gasteiger partial charge in [-0.15, -0.1) is 0 Å². The Kier molecular flexibility index (Phi) is 3.50. The van der Waals surface area contributed by atoms with E-state index in [4.69, 9.17) is 16.1 Å². The van der Waals surface area contributed by atoms with Crippen LogP contribution in [0.25, 0.3) is 22.8 Å². The van der Waals surface area contributed by atoms with Gasteiger partial charge in [0.2, 0.25) is 5.82 Å². The summed E-state index contributed by atoms with van der Waals surface area (Å²) in [5.41, 5.74) is 1.11. The summed E-state index contributed by atoms with van der Waals surface area (Å²) in [6.45, 7) is 0. The molecule has 0 saturated heterocycles. The van der Waals surface area contributed by atoms with Crippen LogP contribution in [0.2, 0.25) is 0 Å². The Morgan fingerprint density at radius 1 is 1.14 bits per heavy atom. The van der Waals surface area contributed by atoms with Crippen molar-refractivity contribution in [2.45, 2.75) is 0 Å². The summed E-state index contributed by atoms with van der Waals surface area (Å²) in [4.78, 5) is 15.3. The summed E-state index contributed by atoms with van der Waals surface area (Å²) in [7, 11) is 0. The maximum Gasteiger partial charge on any atom is 0.261 e. The van der Waals surface area contributed by atoms with Crippen molar-refractivity contribution in [1.29, 1.82) is 0 Å². The molecular weight excluding hydrogens is 295 g/mol. The fourth-order valence-corrected chi connectivity index (χ4v) is 1.98. The molecule has 0 aliphatic carbocycles. The molecule has 3 aromatic rings. The van der Waals surface area contributed by atoms with Crippen LogP contribution in [0.3, 0.4) is 0 Å². The molecule has 0 amide bonds. The third kappa shape index (κ3) is 2.68. The first-order chi connectivity index (χ1) is 10.1. The highest BCUT2D eigenvalue weighted by Crippen LogP contribution is 2.24. The highest BCUT2D eigenvalue weighted by atomic mass is 35.5. The van der Waals surface area contributed by atoms with Crippen LogP contribution in [-0.2, 0) is 0 Å². The fraction of sp³-hybridized carbons (Fsp3) is 0. The molecule has 0 N–H and O–H groups in total. The summed E-state index contributed by atoms with van der Waals surface area (Å²) in [5, 5.41) is 3.22. The zero-order valence-electron chi connectivity index (χ0n) is 10.6. The molecule has 0 radical (unpaired) electrons. The van der Waals surface area contributed by atoms with Gasteiger partial charge < -0.3 is 4.52 Å². The molecule has 6 heteroatoms. The van der Waals surface area contributed by atoms with Gasteiger partial charge in [0.05, 0.1) is 5.56 Å². The number of carbonyl (C=O) groups is 1. The standard InChI is InChI=1S/C15H8ClFN2O2/c16-13(20)9-4-3-5-10(8-9)14-18-15(21-19-14)11-6-1-2-7-12(11)17/h1-8H. The highest BCUT2D eigenvalue weighted by molar-refractivity contribution is 6.67. The number of hydrogen-bond acceptors (Lipinski definition) is 4. The van der Waals surface area contributed by atoms with Crippen molar-refractivity contribution < 1.29 is 13.7 Å². The van der Waals surface area contributed by atoms with Crippen LogP contribution >= 0.6 is 11.6 Å². The molecule has 1 aromatic heterocycles. The average Bonchev–Trinajstić information content (AvgIpc) is 2.97. The second-order valence-corrected chi connectivity index (χ2v) is 4.60. The molecule has 0 bridgehead atoms. The van der Waals surface area contributed by atoms with Gasteiger partial charge in [-0.05, 0) is 29.8 Å². The molecule has 0 fully saturated rings. The number of carbonyl (C=O) groups excluding carboxylic acids is 1. The molecule has 21 heavy (non-hydrogen) atoms. The third-order valence-electron chi connectivity index (χ3n) is 2.88. The van der Waals surface area contributed by atoms with Crippen molar-refractivity contribution in [1.82, 2.24) is 10.1 Å². The van der Waals surface area contributed by atoms with Gasteiger partial charge in [0.1, 0.15) is 5.82 Å². The quantitative estimate of drug-likeness (QED) is 0.688. The van der Waals surface area contributed by atoms with Gasteiger partial charge in [-0.3, -0.25) is 4.79 Å². The predicted molar refractivity (Wildman–Crippen MR) is 75.3 cm³/mol. The summed E-state index contributed by atoms with van der Waals surface area (Å²) in [5.74, 6) is -0.115. The number of halogens is 2. The first kappa shape index (κ1) is 13.5. The van der Waals surface area contributed by atoms with Gasteiger partial charge in [0.15, 0.2) is 0 Å². The van der Waals surface area contributed by atoms with E-state index >= 15 is 0 Å². The van der Waals surface area contributed by atoms with Crippen LogP contribution < -0.4 is 0 Å². The minimum Gasteiger partial charge on any atom is -0.334 e. The number of aromatic nitrogens is 2. The molecule has 1 heterocycles. The molecule has 3 rings (SSSR count). The van der Waals surface area contributed by atoms with Crippen molar-refractivity contribution in [3.8, 4) is 22.8 Å². The van der Waals surface area contributed by atoms with Gasteiger partial charge >= 0.3 is 0 Å². The van der Waals surface area contributed by atoms with E-state index in [0.717, 1.165) is 0 Å². The van der Waals surface area contributed by atoms with Gasteiger partial charge in [0.25, 0.3) is 11.1 Å². The summed E-state index contributed by atoms with van der Waals surface area (Å²) in [6, 6.07) is 12.6. The molecule has 4 nitrogen and oxygen atoms in total. The lowest BCUT2D eigenvalue weighted by Gasteiger charge is -1.97. The van der Waals surface area contributed by atoms with Crippen LogP contribution in [0.4, 0.5) is 4.39 Å².